The Hall–Kier alpha value is -2.08. The lowest BCUT2D eigenvalue weighted by atomic mass is 9.90. The van der Waals surface area contributed by atoms with Crippen molar-refractivity contribution in [1.82, 2.24) is 10.3 Å². The number of fused-ring (bicyclic) bond motifs is 1. The van der Waals surface area contributed by atoms with Gasteiger partial charge in [0.05, 0.1) is 6.10 Å². The highest BCUT2D eigenvalue weighted by atomic mass is 16.5. The van der Waals surface area contributed by atoms with E-state index in [1.165, 1.54) is 11.1 Å². The number of hydrogen-bond acceptors (Lipinski definition) is 5. The van der Waals surface area contributed by atoms with Crippen molar-refractivity contribution >= 4 is 5.78 Å². The molecule has 2 aliphatic heterocycles. The molecule has 2 aliphatic rings. The van der Waals surface area contributed by atoms with Crippen LogP contribution in [0.4, 0.5) is 0 Å². The first-order valence-corrected chi connectivity index (χ1v) is 10.3. The van der Waals surface area contributed by atoms with E-state index in [0.717, 1.165) is 44.7 Å². The maximum atomic E-state index is 12.7. The fourth-order valence-electron chi connectivity index (χ4n) is 4.21. The van der Waals surface area contributed by atoms with Gasteiger partial charge in [-0.3, -0.25) is 9.78 Å². The van der Waals surface area contributed by atoms with E-state index < -0.39 is 6.10 Å². The number of ketones is 1. The summed E-state index contributed by atoms with van der Waals surface area (Å²) in [6.45, 7) is 2.28. The molecule has 0 aliphatic carbocycles. The van der Waals surface area contributed by atoms with Gasteiger partial charge in [0.1, 0.15) is 0 Å². The van der Waals surface area contributed by atoms with Crippen LogP contribution in [0.1, 0.15) is 58.8 Å². The fraction of sp³-hybridized carbons (Fsp3) is 0.478. The van der Waals surface area contributed by atoms with E-state index in [0.29, 0.717) is 24.3 Å². The van der Waals surface area contributed by atoms with Crippen molar-refractivity contribution in [1.29, 1.82) is 0 Å². The predicted molar refractivity (Wildman–Crippen MR) is 107 cm³/mol. The minimum absolute atomic E-state index is 0.00191. The smallest absolute Gasteiger partial charge is 0.163 e. The Kier molecular flexibility index (Phi) is 6.15. The van der Waals surface area contributed by atoms with Gasteiger partial charge in [0, 0.05) is 55.6 Å². The molecule has 0 radical (unpaired) electrons. The molecule has 5 nitrogen and oxygen atoms in total. The van der Waals surface area contributed by atoms with Crippen LogP contribution in [0.3, 0.4) is 0 Å². The molecule has 28 heavy (non-hydrogen) atoms. The Morgan fingerprint density at radius 2 is 2.00 bits per heavy atom. The van der Waals surface area contributed by atoms with Crippen LogP contribution in [-0.2, 0) is 17.7 Å². The highest BCUT2D eigenvalue weighted by molar-refractivity contribution is 5.96. The average molecular weight is 380 g/mol. The van der Waals surface area contributed by atoms with E-state index in [4.69, 9.17) is 4.74 Å². The quantitative estimate of drug-likeness (QED) is 0.754. The van der Waals surface area contributed by atoms with Crippen LogP contribution in [0.15, 0.2) is 42.6 Å². The fourth-order valence-corrected chi connectivity index (χ4v) is 4.21. The number of rotatable bonds is 6. The highest BCUT2D eigenvalue weighted by Crippen LogP contribution is 2.26. The predicted octanol–water partition coefficient (Wildman–Crippen LogP) is 3.01. The number of nitrogens with one attached hydrogen (secondary N) is 1. The summed E-state index contributed by atoms with van der Waals surface area (Å²) in [5.74, 6) is 0.449. The van der Waals surface area contributed by atoms with Gasteiger partial charge in [-0.15, -0.1) is 0 Å². The Labute approximate surface area is 166 Å². The minimum atomic E-state index is -0.533. The lowest BCUT2D eigenvalue weighted by molar-refractivity contribution is 0.0843. The molecule has 2 aromatic rings. The van der Waals surface area contributed by atoms with Crippen LogP contribution in [0, 0.1) is 0 Å². The van der Waals surface area contributed by atoms with E-state index >= 15 is 0 Å². The van der Waals surface area contributed by atoms with E-state index in [1.54, 1.807) is 12.3 Å². The van der Waals surface area contributed by atoms with Gasteiger partial charge in [-0.25, -0.2) is 0 Å². The van der Waals surface area contributed by atoms with Crippen LogP contribution in [0.5, 0.6) is 0 Å². The Morgan fingerprint density at radius 3 is 2.82 bits per heavy atom. The molecule has 1 aromatic heterocycles. The standard InChI is InChI=1S/C23H28N2O3/c26-22(18-7-10-24-20(14-18)16-8-11-28-12-9-16)5-6-23(27)21-13-17-3-1-2-4-19(17)15-25-21/h1-4,7,10,14,16,21,23,25,27H,5-6,8-9,11-13,15H2/t21-,23+/m0/s1. The van der Waals surface area contributed by atoms with Crippen molar-refractivity contribution in [2.75, 3.05) is 13.2 Å². The maximum Gasteiger partial charge on any atom is 0.163 e. The summed E-state index contributed by atoms with van der Waals surface area (Å²) in [6.07, 6.45) is 4.72. The molecule has 1 fully saturated rings. The molecule has 5 heteroatoms. The third-order valence-electron chi connectivity index (χ3n) is 5.99. The number of pyridine rings is 1. The third kappa shape index (κ3) is 4.49. The zero-order chi connectivity index (χ0) is 19.3. The molecule has 0 spiro atoms. The van der Waals surface area contributed by atoms with Crippen LogP contribution >= 0.6 is 0 Å². The Morgan fingerprint density at radius 1 is 1.21 bits per heavy atom. The van der Waals surface area contributed by atoms with Crippen molar-refractivity contribution < 1.29 is 14.6 Å². The lowest BCUT2D eigenvalue weighted by Crippen LogP contribution is -2.44. The first-order valence-electron chi connectivity index (χ1n) is 10.3. The number of hydrogen-bond donors (Lipinski definition) is 2. The van der Waals surface area contributed by atoms with Gasteiger partial charge in [-0.1, -0.05) is 24.3 Å². The number of carbonyl (C=O) groups excluding carboxylic acids is 1. The molecule has 4 rings (SSSR count). The highest BCUT2D eigenvalue weighted by Gasteiger charge is 2.25. The Bertz CT molecular complexity index is 817. The average Bonchev–Trinajstić information content (AvgIpc) is 2.77. The summed E-state index contributed by atoms with van der Waals surface area (Å²) in [5, 5.41) is 14.0. The van der Waals surface area contributed by atoms with Gasteiger partial charge in [-0.05, 0) is 48.9 Å². The monoisotopic (exact) mass is 380 g/mol. The van der Waals surface area contributed by atoms with Gasteiger partial charge >= 0.3 is 0 Å². The first-order chi connectivity index (χ1) is 13.7. The third-order valence-corrected chi connectivity index (χ3v) is 5.99. The van der Waals surface area contributed by atoms with Crippen molar-refractivity contribution in [3.63, 3.8) is 0 Å². The summed E-state index contributed by atoms with van der Waals surface area (Å²) in [5.41, 5.74) is 4.26. The van der Waals surface area contributed by atoms with Crippen molar-refractivity contribution in [3.8, 4) is 0 Å². The molecule has 148 valence electrons. The van der Waals surface area contributed by atoms with Gasteiger partial charge in [0.15, 0.2) is 5.78 Å². The summed E-state index contributed by atoms with van der Waals surface area (Å²) in [7, 11) is 0. The maximum absolute atomic E-state index is 12.7. The number of aliphatic hydroxyl groups is 1. The van der Waals surface area contributed by atoms with Crippen LogP contribution in [0.25, 0.3) is 0 Å². The topological polar surface area (TPSA) is 71.5 Å². The molecular weight excluding hydrogens is 352 g/mol. The first kappa shape index (κ1) is 19.2. The molecule has 0 unspecified atom stereocenters. The van der Waals surface area contributed by atoms with Gasteiger partial charge in [0.25, 0.3) is 0 Å². The van der Waals surface area contributed by atoms with E-state index in [1.807, 2.05) is 18.2 Å². The van der Waals surface area contributed by atoms with E-state index in [2.05, 4.69) is 22.4 Å². The molecule has 0 bridgehead atoms. The number of aliphatic hydroxyl groups excluding tert-OH is 1. The number of Topliss-reactive ketones (excluding diaryl/α,β-unsaturated/α-hetero) is 1. The van der Waals surface area contributed by atoms with Crippen LogP contribution < -0.4 is 5.32 Å². The minimum Gasteiger partial charge on any atom is -0.391 e. The lowest BCUT2D eigenvalue weighted by Gasteiger charge is -2.29. The Balaban J connectivity index is 1.33. The van der Waals surface area contributed by atoms with Crippen LogP contribution in [-0.4, -0.2) is 41.2 Å². The second kappa shape index (κ2) is 8.95. The zero-order valence-corrected chi connectivity index (χ0v) is 16.1. The summed E-state index contributed by atoms with van der Waals surface area (Å²) in [4.78, 5) is 17.1. The van der Waals surface area contributed by atoms with Crippen LogP contribution in [0.2, 0.25) is 0 Å². The molecule has 2 atom stereocenters. The molecule has 0 amide bonds. The summed E-state index contributed by atoms with van der Waals surface area (Å²) in [6, 6.07) is 12.0. The summed E-state index contributed by atoms with van der Waals surface area (Å²) >= 11 is 0. The summed E-state index contributed by atoms with van der Waals surface area (Å²) < 4.78 is 5.41. The van der Waals surface area contributed by atoms with Gasteiger partial charge in [0.2, 0.25) is 0 Å². The zero-order valence-electron chi connectivity index (χ0n) is 16.1. The van der Waals surface area contributed by atoms with Gasteiger partial charge in [-0.2, -0.15) is 0 Å². The molecule has 0 saturated carbocycles. The molecular formula is C23H28N2O3. The molecule has 1 aromatic carbocycles. The second-order valence-electron chi connectivity index (χ2n) is 7.85. The molecule has 2 N–H and O–H groups in total. The van der Waals surface area contributed by atoms with Crippen molar-refractivity contribution in [3.05, 3.63) is 65.0 Å². The van der Waals surface area contributed by atoms with Crippen molar-refractivity contribution in [2.24, 2.45) is 0 Å². The van der Waals surface area contributed by atoms with Gasteiger partial charge < -0.3 is 15.2 Å². The van der Waals surface area contributed by atoms with E-state index in [-0.39, 0.29) is 11.8 Å². The second-order valence-corrected chi connectivity index (χ2v) is 7.85. The number of carbonyl (C=O) groups is 1. The molecule has 1 saturated heterocycles. The van der Waals surface area contributed by atoms with E-state index in [9.17, 15) is 9.90 Å². The normalized spacial score (nSPS) is 21.1. The number of benzene rings is 1. The number of nitrogens with zero attached hydrogens (tertiary/aromatic N) is 1. The number of aromatic nitrogens is 1. The van der Waals surface area contributed by atoms with Crippen molar-refractivity contribution in [2.45, 2.75) is 56.7 Å². The molecule has 3 heterocycles. The number of ether oxygens (including phenoxy) is 1. The largest absolute Gasteiger partial charge is 0.391 e. The SMILES string of the molecule is O=C(CC[C@@H](O)[C@@H]1Cc2ccccc2CN1)c1ccnc(C2CCOCC2)c1.